The first kappa shape index (κ1) is 11.2. The molecule has 0 atom stereocenters. The Morgan fingerprint density at radius 2 is 2.00 bits per heavy atom. The molecule has 3 nitrogen and oxygen atoms in total. The van der Waals surface area contributed by atoms with E-state index in [0.29, 0.717) is 5.69 Å². The maximum absolute atomic E-state index is 12.2. The zero-order chi connectivity index (χ0) is 11.8. The van der Waals surface area contributed by atoms with Crippen LogP contribution < -0.4 is 11.1 Å². The number of hydrogen-bond donors (Lipinski definition) is 2. The van der Waals surface area contributed by atoms with Crippen molar-refractivity contribution in [1.82, 2.24) is 4.98 Å². The molecule has 6 heteroatoms. The number of aromatic nitrogens is 1. The van der Waals surface area contributed by atoms with Gasteiger partial charge in [0.1, 0.15) is 5.69 Å². The van der Waals surface area contributed by atoms with Crippen LogP contribution in [0, 0.1) is 0 Å². The quantitative estimate of drug-likeness (QED) is 0.818. The summed E-state index contributed by atoms with van der Waals surface area (Å²) in [5.41, 5.74) is 5.33. The number of rotatable bonds is 2. The van der Waals surface area contributed by atoms with Crippen molar-refractivity contribution in [3.63, 3.8) is 0 Å². The van der Waals surface area contributed by atoms with Crippen molar-refractivity contribution in [1.29, 1.82) is 0 Å². The summed E-state index contributed by atoms with van der Waals surface area (Å²) in [7, 11) is 0. The van der Waals surface area contributed by atoms with Gasteiger partial charge in [-0.05, 0) is 25.0 Å². The average molecular weight is 231 g/mol. The van der Waals surface area contributed by atoms with E-state index in [1.54, 1.807) is 0 Å². The van der Waals surface area contributed by atoms with Gasteiger partial charge in [-0.2, -0.15) is 13.2 Å². The minimum atomic E-state index is -4.38. The molecule has 16 heavy (non-hydrogen) atoms. The van der Waals surface area contributed by atoms with Crippen molar-refractivity contribution >= 4 is 5.69 Å². The van der Waals surface area contributed by atoms with Gasteiger partial charge in [0.2, 0.25) is 0 Å². The standard InChI is InChI=1S/C10H12F3N3/c11-10(12,13)9-2-1-7(5-15-9)16-8-3-6(14)4-8/h1-2,5-6,8,16H,3-4,14H2. The van der Waals surface area contributed by atoms with Gasteiger partial charge in [0.15, 0.2) is 0 Å². The van der Waals surface area contributed by atoms with E-state index in [0.717, 1.165) is 18.9 Å². The first-order chi connectivity index (χ1) is 7.45. The van der Waals surface area contributed by atoms with Crippen molar-refractivity contribution in [3.8, 4) is 0 Å². The number of pyridine rings is 1. The van der Waals surface area contributed by atoms with Crippen LogP contribution in [0.2, 0.25) is 0 Å². The van der Waals surface area contributed by atoms with E-state index in [1.807, 2.05) is 0 Å². The molecule has 2 rings (SSSR count). The zero-order valence-corrected chi connectivity index (χ0v) is 8.46. The van der Waals surface area contributed by atoms with Gasteiger partial charge < -0.3 is 11.1 Å². The Morgan fingerprint density at radius 1 is 1.31 bits per heavy atom. The Kier molecular flexibility index (Phi) is 2.75. The second-order valence-corrected chi connectivity index (χ2v) is 4.00. The summed E-state index contributed by atoms with van der Waals surface area (Å²) in [6.07, 6.45) is -1.48. The Balaban J connectivity index is 1.97. The molecule has 0 saturated heterocycles. The van der Waals surface area contributed by atoms with Gasteiger partial charge in [-0.15, -0.1) is 0 Å². The average Bonchev–Trinajstić information content (AvgIpc) is 2.15. The topological polar surface area (TPSA) is 50.9 Å². The second kappa shape index (κ2) is 3.93. The van der Waals surface area contributed by atoms with Crippen molar-refractivity contribution in [2.24, 2.45) is 5.73 Å². The fraction of sp³-hybridized carbons (Fsp3) is 0.500. The SMILES string of the molecule is NC1CC(Nc2ccc(C(F)(F)F)nc2)C1. The van der Waals surface area contributed by atoms with Gasteiger partial charge in [-0.1, -0.05) is 0 Å². The minimum absolute atomic E-state index is 0.208. The molecule has 88 valence electrons. The molecule has 0 radical (unpaired) electrons. The summed E-state index contributed by atoms with van der Waals surface area (Å²) in [4.78, 5) is 3.36. The highest BCUT2D eigenvalue weighted by molar-refractivity contribution is 5.43. The van der Waals surface area contributed by atoms with Gasteiger partial charge in [0, 0.05) is 12.1 Å². The number of nitrogens with two attached hydrogens (primary N) is 1. The van der Waals surface area contributed by atoms with Gasteiger partial charge in [0.05, 0.1) is 11.9 Å². The highest BCUT2D eigenvalue weighted by atomic mass is 19.4. The van der Waals surface area contributed by atoms with Gasteiger partial charge in [-0.25, -0.2) is 4.98 Å². The molecule has 1 fully saturated rings. The van der Waals surface area contributed by atoms with Crippen molar-refractivity contribution in [2.75, 3.05) is 5.32 Å². The summed E-state index contributed by atoms with van der Waals surface area (Å²) in [5, 5.41) is 3.08. The van der Waals surface area contributed by atoms with E-state index in [2.05, 4.69) is 10.3 Å². The predicted octanol–water partition coefficient (Wildman–Crippen LogP) is 2.00. The normalized spacial score (nSPS) is 25.0. The first-order valence-electron chi connectivity index (χ1n) is 5.00. The van der Waals surface area contributed by atoms with Crippen molar-refractivity contribution in [2.45, 2.75) is 31.1 Å². The van der Waals surface area contributed by atoms with Crippen LogP contribution in [0.5, 0.6) is 0 Å². The molecule has 0 unspecified atom stereocenters. The summed E-state index contributed by atoms with van der Waals surface area (Å²) >= 11 is 0. The second-order valence-electron chi connectivity index (χ2n) is 4.00. The Labute approximate surface area is 90.9 Å². The Bertz CT molecular complexity index is 355. The van der Waals surface area contributed by atoms with Crippen molar-refractivity contribution < 1.29 is 13.2 Å². The van der Waals surface area contributed by atoms with Crippen LogP contribution in [0.3, 0.4) is 0 Å². The van der Waals surface area contributed by atoms with Gasteiger partial charge in [0.25, 0.3) is 0 Å². The lowest BCUT2D eigenvalue weighted by atomic mass is 9.87. The summed E-state index contributed by atoms with van der Waals surface area (Å²) in [5.74, 6) is 0. The van der Waals surface area contributed by atoms with Crippen LogP contribution >= 0.6 is 0 Å². The minimum Gasteiger partial charge on any atom is -0.381 e. The molecule has 1 aliphatic rings. The van der Waals surface area contributed by atoms with E-state index in [4.69, 9.17) is 5.73 Å². The van der Waals surface area contributed by atoms with Crippen LogP contribution in [0.25, 0.3) is 0 Å². The van der Waals surface area contributed by atoms with E-state index < -0.39 is 11.9 Å². The number of nitrogens with one attached hydrogen (secondary N) is 1. The Morgan fingerprint density at radius 3 is 2.44 bits per heavy atom. The lowest BCUT2D eigenvalue weighted by Crippen LogP contribution is -2.44. The molecule has 0 aromatic carbocycles. The smallest absolute Gasteiger partial charge is 0.381 e. The summed E-state index contributed by atoms with van der Waals surface area (Å²) in [6.45, 7) is 0. The number of alkyl halides is 3. The van der Waals surface area contributed by atoms with Crippen LogP contribution in [-0.4, -0.2) is 17.1 Å². The van der Waals surface area contributed by atoms with E-state index in [1.165, 1.54) is 12.3 Å². The predicted molar refractivity (Wildman–Crippen MR) is 53.9 cm³/mol. The molecule has 0 amide bonds. The van der Waals surface area contributed by atoms with E-state index in [9.17, 15) is 13.2 Å². The highest BCUT2D eigenvalue weighted by Gasteiger charge is 2.32. The maximum Gasteiger partial charge on any atom is 0.433 e. The zero-order valence-electron chi connectivity index (χ0n) is 8.46. The highest BCUT2D eigenvalue weighted by Crippen LogP contribution is 2.28. The number of halogens is 3. The molecule has 1 heterocycles. The molecule has 1 saturated carbocycles. The monoisotopic (exact) mass is 231 g/mol. The third kappa shape index (κ3) is 2.44. The molecule has 0 spiro atoms. The maximum atomic E-state index is 12.2. The fourth-order valence-corrected chi connectivity index (χ4v) is 1.66. The molecule has 1 aromatic heterocycles. The Hall–Kier alpha value is -1.30. The molecule has 1 aromatic rings. The number of anilines is 1. The third-order valence-corrected chi connectivity index (χ3v) is 2.60. The van der Waals surface area contributed by atoms with Crippen molar-refractivity contribution in [3.05, 3.63) is 24.0 Å². The molecule has 0 bridgehead atoms. The number of nitrogens with zero attached hydrogens (tertiary/aromatic N) is 1. The van der Waals surface area contributed by atoms with Crippen LogP contribution in [-0.2, 0) is 6.18 Å². The third-order valence-electron chi connectivity index (χ3n) is 2.60. The summed E-state index contributed by atoms with van der Waals surface area (Å²) < 4.78 is 36.6. The van der Waals surface area contributed by atoms with Gasteiger partial charge in [-0.3, -0.25) is 0 Å². The van der Waals surface area contributed by atoms with Crippen LogP contribution in [0.4, 0.5) is 18.9 Å². The molecular formula is C10H12F3N3. The number of hydrogen-bond acceptors (Lipinski definition) is 3. The fourth-order valence-electron chi connectivity index (χ4n) is 1.66. The van der Waals surface area contributed by atoms with Crippen LogP contribution in [0.1, 0.15) is 18.5 Å². The first-order valence-corrected chi connectivity index (χ1v) is 5.00. The largest absolute Gasteiger partial charge is 0.433 e. The van der Waals surface area contributed by atoms with Gasteiger partial charge >= 0.3 is 6.18 Å². The van der Waals surface area contributed by atoms with Crippen LogP contribution in [0.15, 0.2) is 18.3 Å². The molecular weight excluding hydrogens is 219 g/mol. The summed E-state index contributed by atoms with van der Waals surface area (Å²) in [6, 6.07) is 2.83. The molecule has 0 aliphatic heterocycles. The molecule has 3 N–H and O–H groups in total. The molecule has 1 aliphatic carbocycles. The lowest BCUT2D eigenvalue weighted by Gasteiger charge is -2.33. The van der Waals surface area contributed by atoms with E-state index in [-0.39, 0.29) is 12.1 Å². The lowest BCUT2D eigenvalue weighted by molar-refractivity contribution is -0.141. The van der Waals surface area contributed by atoms with E-state index >= 15 is 0 Å².